The van der Waals surface area contributed by atoms with Gasteiger partial charge in [0.1, 0.15) is 13.1 Å². The molecule has 0 spiro atoms. The van der Waals surface area contributed by atoms with E-state index in [-0.39, 0.29) is 6.04 Å². The maximum absolute atomic E-state index is 11.9. The third-order valence-electron chi connectivity index (χ3n) is 3.33. The Hall–Kier alpha value is -1.83. The Labute approximate surface area is 117 Å². The second-order valence-corrected chi connectivity index (χ2v) is 5.15. The normalized spacial score (nSPS) is 15.8. The maximum atomic E-state index is 11.9. The first-order valence-electron chi connectivity index (χ1n) is 6.56. The van der Waals surface area contributed by atoms with E-state index in [0.717, 1.165) is 4.90 Å². The number of amides is 3. The number of rotatable bonds is 8. The summed E-state index contributed by atoms with van der Waals surface area (Å²) in [5, 5.41) is 11.3. The van der Waals surface area contributed by atoms with Crippen molar-refractivity contribution < 1.29 is 19.5 Å². The van der Waals surface area contributed by atoms with Crippen LogP contribution in [0.5, 0.6) is 0 Å². The van der Waals surface area contributed by atoms with Gasteiger partial charge < -0.3 is 21.1 Å². The summed E-state index contributed by atoms with van der Waals surface area (Å²) in [7, 11) is 1.99. The van der Waals surface area contributed by atoms with Crippen molar-refractivity contribution in [2.75, 3.05) is 26.7 Å². The van der Waals surface area contributed by atoms with Gasteiger partial charge in [-0.15, -0.1) is 0 Å². The molecule has 0 saturated heterocycles. The van der Waals surface area contributed by atoms with E-state index in [1.54, 1.807) is 0 Å². The van der Waals surface area contributed by atoms with Crippen LogP contribution in [-0.4, -0.2) is 71.6 Å². The van der Waals surface area contributed by atoms with E-state index in [1.807, 2.05) is 14.0 Å². The predicted molar refractivity (Wildman–Crippen MR) is 72.0 cm³/mol. The minimum Gasteiger partial charge on any atom is -0.480 e. The average molecular weight is 286 g/mol. The van der Waals surface area contributed by atoms with Gasteiger partial charge in [-0.2, -0.15) is 0 Å². The number of nitrogens with zero attached hydrogens (tertiary/aromatic N) is 2. The van der Waals surface area contributed by atoms with Crippen LogP contribution in [0, 0.1) is 0 Å². The molecular weight excluding hydrogens is 264 g/mol. The Morgan fingerprint density at radius 2 is 1.95 bits per heavy atom. The van der Waals surface area contributed by atoms with Crippen LogP contribution in [0.15, 0.2) is 0 Å². The number of aliphatic carboxylic acids is 1. The molecule has 0 aliphatic heterocycles. The molecule has 0 bridgehead atoms. The van der Waals surface area contributed by atoms with Crippen molar-refractivity contribution >= 4 is 17.9 Å². The molecule has 0 radical (unpaired) electrons. The van der Waals surface area contributed by atoms with Crippen LogP contribution in [-0.2, 0) is 9.59 Å². The lowest BCUT2D eigenvalue weighted by Crippen LogP contribution is -2.49. The van der Waals surface area contributed by atoms with Gasteiger partial charge in [0.05, 0.1) is 0 Å². The number of hydrogen-bond acceptors (Lipinski definition) is 4. The third kappa shape index (κ3) is 5.43. The van der Waals surface area contributed by atoms with Crippen molar-refractivity contribution in [3.63, 3.8) is 0 Å². The average Bonchev–Trinajstić information content (AvgIpc) is 3.16. The molecule has 1 fully saturated rings. The van der Waals surface area contributed by atoms with E-state index in [4.69, 9.17) is 10.8 Å². The highest BCUT2D eigenvalue weighted by Crippen LogP contribution is 2.26. The molecule has 8 heteroatoms. The summed E-state index contributed by atoms with van der Waals surface area (Å²) in [6.07, 6.45) is 2.34. The van der Waals surface area contributed by atoms with Crippen LogP contribution < -0.4 is 11.1 Å². The summed E-state index contributed by atoms with van der Waals surface area (Å²) in [6, 6.07) is 0.122. The van der Waals surface area contributed by atoms with E-state index in [1.165, 1.54) is 12.8 Å². The van der Waals surface area contributed by atoms with Gasteiger partial charge in [0.25, 0.3) is 0 Å². The minimum absolute atomic E-state index is 0.145. The number of carboxylic acid groups (broad SMARTS) is 1. The molecule has 0 aromatic carbocycles. The molecule has 1 aliphatic rings. The first kappa shape index (κ1) is 16.2. The van der Waals surface area contributed by atoms with Crippen molar-refractivity contribution in [2.24, 2.45) is 5.73 Å². The molecule has 4 N–H and O–H groups in total. The van der Waals surface area contributed by atoms with Crippen LogP contribution in [0.4, 0.5) is 4.79 Å². The van der Waals surface area contributed by atoms with E-state index >= 15 is 0 Å². The smallest absolute Gasteiger partial charge is 0.323 e. The number of primary amides is 1. The highest BCUT2D eigenvalue weighted by atomic mass is 16.4. The number of hydrogen-bond donors (Lipinski definition) is 3. The van der Waals surface area contributed by atoms with Gasteiger partial charge in [-0.25, -0.2) is 4.79 Å². The van der Waals surface area contributed by atoms with Crippen molar-refractivity contribution in [3.05, 3.63) is 0 Å². The molecule has 1 saturated carbocycles. The zero-order chi connectivity index (χ0) is 15.3. The summed E-state index contributed by atoms with van der Waals surface area (Å²) in [5.74, 6) is -1.94. The zero-order valence-electron chi connectivity index (χ0n) is 11.8. The maximum Gasteiger partial charge on any atom is 0.323 e. The Bertz CT molecular complexity index is 368. The molecule has 1 atom stereocenters. The first-order valence-corrected chi connectivity index (χ1v) is 6.56. The fourth-order valence-electron chi connectivity index (χ4n) is 1.88. The van der Waals surface area contributed by atoms with Crippen molar-refractivity contribution in [3.8, 4) is 0 Å². The number of carbonyl (C=O) groups is 3. The van der Waals surface area contributed by atoms with Crippen LogP contribution in [0.3, 0.4) is 0 Å². The van der Waals surface area contributed by atoms with E-state index < -0.39 is 31.0 Å². The number of carbonyl (C=O) groups excluding carboxylic acids is 2. The molecular formula is C12H22N4O4. The summed E-state index contributed by atoms with van der Waals surface area (Å²) >= 11 is 0. The van der Waals surface area contributed by atoms with Gasteiger partial charge in [0.15, 0.2) is 0 Å². The molecule has 20 heavy (non-hydrogen) atoms. The second-order valence-electron chi connectivity index (χ2n) is 5.15. The quantitative estimate of drug-likeness (QED) is 0.532. The lowest BCUT2D eigenvalue weighted by atomic mass is 10.3. The third-order valence-corrected chi connectivity index (χ3v) is 3.33. The van der Waals surface area contributed by atoms with Gasteiger partial charge in [-0.1, -0.05) is 0 Å². The van der Waals surface area contributed by atoms with Gasteiger partial charge in [-0.3, -0.25) is 14.5 Å². The van der Waals surface area contributed by atoms with Gasteiger partial charge in [-0.05, 0) is 26.8 Å². The van der Waals surface area contributed by atoms with Crippen LogP contribution in [0.25, 0.3) is 0 Å². The molecule has 0 heterocycles. The Morgan fingerprint density at radius 3 is 2.40 bits per heavy atom. The van der Waals surface area contributed by atoms with Crippen molar-refractivity contribution in [1.29, 1.82) is 0 Å². The lowest BCUT2D eigenvalue weighted by Gasteiger charge is -2.26. The molecule has 114 valence electrons. The van der Waals surface area contributed by atoms with Crippen LogP contribution in [0.1, 0.15) is 19.8 Å². The van der Waals surface area contributed by atoms with Crippen LogP contribution in [0.2, 0.25) is 0 Å². The predicted octanol–water partition coefficient (Wildman–Crippen LogP) is -0.949. The number of likely N-dealkylation sites (N-methyl/N-ethyl adjacent to an activating group) is 1. The number of carboxylic acids is 1. The Balaban J connectivity index is 2.43. The molecule has 8 nitrogen and oxygen atoms in total. The fourth-order valence-corrected chi connectivity index (χ4v) is 1.88. The highest BCUT2D eigenvalue weighted by molar-refractivity contribution is 5.85. The summed E-state index contributed by atoms with van der Waals surface area (Å²) in [4.78, 5) is 36.4. The zero-order valence-corrected chi connectivity index (χ0v) is 11.8. The lowest BCUT2D eigenvalue weighted by molar-refractivity contribution is -0.137. The highest BCUT2D eigenvalue weighted by Gasteiger charge is 2.29. The SMILES string of the molecule is CC(CNC(=O)N(CC(N)=O)CC(=O)O)N(C)C1CC1. The minimum atomic E-state index is -1.19. The Morgan fingerprint density at radius 1 is 1.35 bits per heavy atom. The number of nitrogens with two attached hydrogens (primary N) is 1. The van der Waals surface area contributed by atoms with Gasteiger partial charge >= 0.3 is 12.0 Å². The second kappa shape index (κ2) is 7.09. The molecule has 3 amide bonds. The molecule has 0 aromatic heterocycles. The van der Waals surface area contributed by atoms with E-state index in [0.29, 0.717) is 12.6 Å². The molecule has 1 unspecified atom stereocenters. The summed E-state index contributed by atoms with van der Waals surface area (Å²) in [5.41, 5.74) is 5.00. The molecule has 0 aromatic rings. The fraction of sp³-hybridized carbons (Fsp3) is 0.750. The largest absolute Gasteiger partial charge is 0.480 e. The van der Waals surface area contributed by atoms with Gasteiger partial charge in [0.2, 0.25) is 5.91 Å². The standard InChI is InChI=1S/C12H22N4O4/c1-8(15(2)9-3-4-9)5-14-12(20)16(6-10(13)17)7-11(18)19/h8-9H,3-7H2,1-2H3,(H2,13,17)(H,14,20)(H,18,19). The van der Waals surface area contributed by atoms with Crippen molar-refractivity contribution in [2.45, 2.75) is 31.8 Å². The monoisotopic (exact) mass is 286 g/mol. The number of urea groups is 1. The van der Waals surface area contributed by atoms with Gasteiger partial charge in [0, 0.05) is 18.6 Å². The topological polar surface area (TPSA) is 116 Å². The molecule has 1 aliphatic carbocycles. The van der Waals surface area contributed by atoms with E-state index in [9.17, 15) is 14.4 Å². The summed E-state index contributed by atoms with van der Waals surface area (Å²) < 4.78 is 0. The van der Waals surface area contributed by atoms with E-state index in [2.05, 4.69) is 10.2 Å². The molecule has 1 rings (SSSR count). The Kier molecular flexibility index (Phi) is 5.75. The van der Waals surface area contributed by atoms with Crippen molar-refractivity contribution in [1.82, 2.24) is 15.1 Å². The van der Waals surface area contributed by atoms with Crippen LogP contribution >= 0.6 is 0 Å². The number of nitrogens with one attached hydrogen (secondary N) is 1. The first-order chi connectivity index (χ1) is 9.31. The summed E-state index contributed by atoms with van der Waals surface area (Å²) in [6.45, 7) is 1.40.